The van der Waals surface area contributed by atoms with Crippen molar-refractivity contribution in [2.24, 2.45) is 10.2 Å². The number of hydrogen-bond acceptors (Lipinski definition) is 6. The van der Waals surface area contributed by atoms with Crippen molar-refractivity contribution in [3.05, 3.63) is 93.7 Å². The first-order valence-electron chi connectivity index (χ1n) is 8.36. The molecule has 7 nitrogen and oxygen atoms in total. The molecule has 0 amide bonds. The van der Waals surface area contributed by atoms with E-state index >= 15 is 0 Å². The SMILES string of the molecule is Cc1cccc(COc2ccccc2CN=Nc2ccc([N+](=O)[O-])cn2)c1. The maximum Gasteiger partial charge on any atom is 0.287 e. The molecule has 0 unspecified atom stereocenters. The zero-order valence-corrected chi connectivity index (χ0v) is 14.8. The van der Waals surface area contributed by atoms with E-state index in [1.807, 2.05) is 49.4 Å². The summed E-state index contributed by atoms with van der Waals surface area (Å²) >= 11 is 0. The summed E-state index contributed by atoms with van der Waals surface area (Å²) in [7, 11) is 0. The Balaban J connectivity index is 1.64. The van der Waals surface area contributed by atoms with E-state index in [0.29, 0.717) is 19.0 Å². The van der Waals surface area contributed by atoms with Gasteiger partial charge in [0.1, 0.15) is 18.6 Å². The molecule has 0 aliphatic carbocycles. The second-order valence-electron chi connectivity index (χ2n) is 5.92. The van der Waals surface area contributed by atoms with Gasteiger partial charge in [-0.15, -0.1) is 5.11 Å². The molecular formula is C20H18N4O3. The summed E-state index contributed by atoms with van der Waals surface area (Å²) in [4.78, 5) is 14.0. The third-order valence-corrected chi connectivity index (χ3v) is 3.81. The van der Waals surface area contributed by atoms with Crippen LogP contribution >= 0.6 is 0 Å². The Morgan fingerprint density at radius 2 is 1.96 bits per heavy atom. The molecule has 0 aliphatic heterocycles. The van der Waals surface area contributed by atoms with E-state index in [1.165, 1.54) is 17.7 Å². The van der Waals surface area contributed by atoms with Crippen LogP contribution in [0.15, 0.2) is 77.1 Å². The summed E-state index contributed by atoms with van der Waals surface area (Å²) < 4.78 is 5.93. The molecule has 7 heteroatoms. The monoisotopic (exact) mass is 362 g/mol. The van der Waals surface area contributed by atoms with Gasteiger partial charge in [-0.25, -0.2) is 4.98 Å². The number of rotatable bonds is 7. The van der Waals surface area contributed by atoms with Crippen LogP contribution in [0.1, 0.15) is 16.7 Å². The first-order valence-corrected chi connectivity index (χ1v) is 8.36. The second kappa shape index (κ2) is 8.66. The van der Waals surface area contributed by atoms with Crippen molar-refractivity contribution >= 4 is 11.5 Å². The van der Waals surface area contributed by atoms with Crippen molar-refractivity contribution in [3.8, 4) is 5.75 Å². The molecule has 0 spiro atoms. The minimum Gasteiger partial charge on any atom is -0.489 e. The normalized spacial score (nSPS) is 10.9. The molecule has 0 aliphatic rings. The van der Waals surface area contributed by atoms with Gasteiger partial charge in [-0.1, -0.05) is 48.0 Å². The first kappa shape index (κ1) is 18.2. The molecule has 0 saturated heterocycles. The fourth-order valence-corrected chi connectivity index (χ4v) is 2.47. The smallest absolute Gasteiger partial charge is 0.287 e. The lowest BCUT2D eigenvalue weighted by molar-refractivity contribution is -0.385. The summed E-state index contributed by atoms with van der Waals surface area (Å²) in [5.74, 6) is 1.06. The third kappa shape index (κ3) is 5.18. The van der Waals surface area contributed by atoms with E-state index in [0.717, 1.165) is 23.1 Å². The van der Waals surface area contributed by atoms with Gasteiger partial charge < -0.3 is 4.74 Å². The van der Waals surface area contributed by atoms with Crippen molar-refractivity contribution in [3.63, 3.8) is 0 Å². The van der Waals surface area contributed by atoms with Gasteiger partial charge in [0.15, 0.2) is 5.82 Å². The van der Waals surface area contributed by atoms with Gasteiger partial charge in [-0.2, -0.15) is 5.11 Å². The molecule has 27 heavy (non-hydrogen) atoms. The van der Waals surface area contributed by atoms with E-state index in [4.69, 9.17) is 4.74 Å². The summed E-state index contributed by atoms with van der Waals surface area (Å²) in [5.41, 5.74) is 3.11. The predicted molar refractivity (Wildman–Crippen MR) is 101 cm³/mol. The van der Waals surface area contributed by atoms with Crippen LogP contribution in [-0.2, 0) is 13.2 Å². The number of hydrogen-bond donors (Lipinski definition) is 0. The standard InChI is InChI=1S/C20H18N4O3/c1-15-5-4-6-16(11-15)14-27-19-8-3-2-7-17(19)12-22-23-20-10-9-18(13-21-20)24(25)26/h2-11,13H,12,14H2,1H3. The van der Waals surface area contributed by atoms with Gasteiger partial charge in [-0.05, 0) is 24.6 Å². The van der Waals surface area contributed by atoms with Gasteiger partial charge in [0.2, 0.25) is 0 Å². The Bertz CT molecular complexity index is 955. The van der Waals surface area contributed by atoms with E-state index < -0.39 is 4.92 Å². The number of para-hydroxylation sites is 1. The highest BCUT2D eigenvalue weighted by Gasteiger charge is 2.05. The number of nitro groups is 1. The van der Waals surface area contributed by atoms with Crippen molar-refractivity contribution in [2.45, 2.75) is 20.1 Å². The zero-order chi connectivity index (χ0) is 19.1. The van der Waals surface area contributed by atoms with Gasteiger partial charge in [-0.3, -0.25) is 10.1 Å². The fourth-order valence-electron chi connectivity index (χ4n) is 2.47. The number of benzene rings is 2. The average Bonchev–Trinajstić information content (AvgIpc) is 2.68. The van der Waals surface area contributed by atoms with E-state index in [-0.39, 0.29) is 5.69 Å². The number of aromatic nitrogens is 1. The maximum atomic E-state index is 10.6. The highest BCUT2D eigenvalue weighted by Crippen LogP contribution is 2.21. The fraction of sp³-hybridized carbons (Fsp3) is 0.150. The molecule has 0 fully saturated rings. The van der Waals surface area contributed by atoms with Crippen molar-refractivity contribution in [1.29, 1.82) is 0 Å². The van der Waals surface area contributed by atoms with Crippen LogP contribution in [0.5, 0.6) is 5.75 Å². The molecule has 3 rings (SSSR count). The van der Waals surface area contributed by atoms with Crippen molar-refractivity contribution in [2.75, 3.05) is 0 Å². The van der Waals surface area contributed by atoms with E-state index in [1.54, 1.807) is 0 Å². The molecule has 1 heterocycles. The minimum atomic E-state index is -0.504. The Labute approximate surface area is 156 Å². The summed E-state index contributed by atoms with van der Waals surface area (Å²) in [6, 6.07) is 18.6. The number of azo groups is 1. The number of pyridine rings is 1. The van der Waals surface area contributed by atoms with Crippen LogP contribution in [-0.4, -0.2) is 9.91 Å². The van der Waals surface area contributed by atoms with Gasteiger partial charge in [0.25, 0.3) is 5.69 Å². The molecule has 2 aromatic carbocycles. The van der Waals surface area contributed by atoms with Crippen LogP contribution in [0, 0.1) is 17.0 Å². The Kier molecular flexibility index (Phi) is 5.84. The largest absolute Gasteiger partial charge is 0.489 e. The van der Waals surface area contributed by atoms with Crippen molar-refractivity contribution in [1.82, 2.24) is 4.98 Å². The predicted octanol–water partition coefficient (Wildman–Crippen LogP) is 5.16. The first-order chi connectivity index (χ1) is 13.1. The van der Waals surface area contributed by atoms with E-state index in [2.05, 4.69) is 21.3 Å². The van der Waals surface area contributed by atoms with Crippen LogP contribution in [0.3, 0.4) is 0 Å². The summed E-state index contributed by atoms with van der Waals surface area (Å²) in [6.45, 7) is 2.84. The van der Waals surface area contributed by atoms with Crippen LogP contribution < -0.4 is 4.74 Å². The Morgan fingerprint density at radius 3 is 2.70 bits per heavy atom. The van der Waals surface area contributed by atoms with Crippen LogP contribution in [0.4, 0.5) is 11.5 Å². The topological polar surface area (TPSA) is 90.0 Å². The molecule has 0 N–H and O–H groups in total. The molecule has 136 valence electrons. The molecule has 3 aromatic rings. The molecular weight excluding hydrogens is 344 g/mol. The number of aryl methyl sites for hydroxylation is 1. The quantitative estimate of drug-likeness (QED) is 0.330. The second-order valence-corrected chi connectivity index (χ2v) is 5.92. The molecule has 0 bridgehead atoms. The summed E-state index contributed by atoms with van der Waals surface area (Å²) in [6.07, 6.45) is 1.16. The van der Waals surface area contributed by atoms with Gasteiger partial charge in [0, 0.05) is 11.6 Å². The zero-order valence-electron chi connectivity index (χ0n) is 14.8. The molecule has 1 aromatic heterocycles. The van der Waals surface area contributed by atoms with E-state index in [9.17, 15) is 10.1 Å². The lowest BCUT2D eigenvalue weighted by Gasteiger charge is -2.10. The highest BCUT2D eigenvalue weighted by molar-refractivity contribution is 5.36. The minimum absolute atomic E-state index is 0.0798. The van der Waals surface area contributed by atoms with Gasteiger partial charge >= 0.3 is 0 Å². The lowest BCUT2D eigenvalue weighted by atomic mass is 10.1. The molecule has 0 saturated carbocycles. The van der Waals surface area contributed by atoms with Crippen LogP contribution in [0.2, 0.25) is 0 Å². The highest BCUT2D eigenvalue weighted by atomic mass is 16.6. The van der Waals surface area contributed by atoms with Gasteiger partial charge in [0.05, 0.1) is 11.5 Å². The maximum absolute atomic E-state index is 10.6. The molecule has 0 radical (unpaired) electrons. The molecule has 0 atom stereocenters. The van der Waals surface area contributed by atoms with Crippen LogP contribution in [0.25, 0.3) is 0 Å². The number of ether oxygens (including phenoxy) is 1. The van der Waals surface area contributed by atoms with Crippen molar-refractivity contribution < 1.29 is 9.66 Å². The Morgan fingerprint density at radius 1 is 1.11 bits per heavy atom. The average molecular weight is 362 g/mol. The lowest BCUT2D eigenvalue weighted by Crippen LogP contribution is -1.98. The third-order valence-electron chi connectivity index (χ3n) is 3.81. The summed E-state index contributed by atoms with van der Waals surface area (Å²) in [5, 5.41) is 18.8. The Hall–Kier alpha value is -3.61. The number of nitrogens with zero attached hydrogens (tertiary/aromatic N) is 4.